The maximum absolute atomic E-state index is 12.8. The average molecular weight is 361 g/mol. The van der Waals surface area contributed by atoms with E-state index in [2.05, 4.69) is 52.9 Å². The van der Waals surface area contributed by atoms with Crippen LogP contribution in [0.5, 0.6) is 0 Å². The number of nitrogens with zero attached hydrogens (tertiary/aromatic N) is 2. The van der Waals surface area contributed by atoms with Gasteiger partial charge in [-0.15, -0.1) is 11.3 Å². The standard InChI is InChI=1S/C19H28N4OS/c1-13-9-10-25-18(13)16(23(2)3)12-20-19(24)15-11-21-22-17(15)14-7-5-4-6-8-14/h9-11,14,16H,4-8,12H2,1-3H3,(H,20,24)(H,21,22)/t16-/m0/s1. The van der Waals surface area contributed by atoms with Crippen LogP contribution in [0.2, 0.25) is 0 Å². The number of H-pyrrole nitrogens is 1. The number of carbonyl (C=O) groups is 1. The van der Waals surface area contributed by atoms with Crippen LogP contribution < -0.4 is 5.32 Å². The second-order valence-electron chi connectivity index (χ2n) is 7.19. The Morgan fingerprint density at radius 1 is 1.40 bits per heavy atom. The number of rotatable bonds is 6. The van der Waals surface area contributed by atoms with Crippen LogP contribution >= 0.6 is 11.3 Å². The summed E-state index contributed by atoms with van der Waals surface area (Å²) >= 11 is 1.75. The SMILES string of the molecule is Cc1ccsc1[C@H](CNC(=O)c1cn[nH]c1C1CCCCC1)N(C)C. The second-order valence-corrected chi connectivity index (χ2v) is 8.14. The fourth-order valence-electron chi connectivity index (χ4n) is 3.70. The summed E-state index contributed by atoms with van der Waals surface area (Å²) < 4.78 is 0. The molecule has 0 unspecified atom stereocenters. The number of hydrogen-bond donors (Lipinski definition) is 2. The van der Waals surface area contributed by atoms with Crippen molar-refractivity contribution >= 4 is 17.2 Å². The number of aromatic amines is 1. The highest BCUT2D eigenvalue weighted by Gasteiger charge is 2.24. The molecule has 136 valence electrons. The van der Waals surface area contributed by atoms with Crippen molar-refractivity contribution in [2.45, 2.75) is 51.0 Å². The summed E-state index contributed by atoms with van der Waals surface area (Å²) in [5, 5.41) is 12.5. The lowest BCUT2D eigenvalue weighted by Gasteiger charge is -2.25. The molecular formula is C19H28N4OS. The number of carbonyl (C=O) groups excluding carboxylic acids is 1. The topological polar surface area (TPSA) is 61.0 Å². The van der Waals surface area contributed by atoms with Gasteiger partial charge in [0.2, 0.25) is 0 Å². The molecule has 5 nitrogen and oxygen atoms in total. The van der Waals surface area contributed by atoms with Gasteiger partial charge in [0.15, 0.2) is 0 Å². The van der Waals surface area contributed by atoms with Crippen molar-refractivity contribution in [2.24, 2.45) is 0 Å². The molecule has 2 aromatic heterocycles. The highest BCUT2D eigenvalue weighted by molar-refractivity contribution is 7.10. The van der Waals surface area contributed by atoms with Crippen LogP contribution in [-0.2, 0) is 0 Å². The molecule has 3 rings (SSSR count). The summed E-state index contributed by atoms with van der Waals surface area (Å²) in [7, 11) is 4.11. The summed E-state index contributed by atoms with van der Waals surface area (Å²) in [6.45, 7) is 2.73. The lowest BCUT2D eigenvalue weighted by Crippen LogP contribution is -2.34. The zero-order valence-corrected chi connectivity index (χ0v) is 16.2. The Hall–Kier alpha value is -1.66. The Morgan fingerprint density at radius 2 is 2.16 bits per heavy atom. The van der Waals surface area contributed by atoms with Crippen molar-refractivity contribution in [1.82, 2.24) is 20.4 Å². The van der Waals surface area contributed by atoms with Gasteiger partial charge in [0.1, 0.15) is 0 Å². The highest BCUT2D eigenvalue weighted by Crippen LogP contribution is 2.33. The number of hydrogen-bond acceptors (Lipinski definition) is 4. The third kappa shape index (κ3) is 4.12. The molecule has 1 atom stereocenters. The zero-order valence-electron chi connectivity index (χ0n) is 15.3. The van der Waals surface area contributed by atoms with E-state index in [-0.39, 0.29) is 11.9 Å². The van der Waals surface area contributed by atoms with Crippen LogP contribution in [0.3, 0.4) is 0 Å². The van der Waals surface area contributed by atoms with E-state index in [4.69, 9.17) is 0 Å². The normalized spacial score (nSPS) is 17.0. The predicted molar refractivity (Wildman–Crippen MR) is 102 cm³/mol. The average Bonchev–Trinajstić information content (AvgIpc) is 3.25. The molecule has 2 aromatic rings. The van der Waals surface area contributed by atoms with Gasteiger partial charge < -0.3 is 10.2 Å². The van der Waals surface area contributed by atoms with Gasteiger partial charge in [-0.3, -0.25) is 9.89 Å². The summed E-state index contributed by atoms with van der Waals surface area (Å²) in [6.07, 6.45) is 7.77. The van der Waals surface area contributed by atoms with Gasteiger partial charge in [0.25, 0.3) is 5.91 Å². The van der Waals surface area contributed by atoms with Crippen molar-refractivity contribution in [2.75, 3.05) is 20.6 Å². The van der Waals surface area contributed by atoms with Crippen molar-refractivity contribution in [3.63, 3.8) is 0 Å². The minimum Gasteiger partial charge on any atom is -0.350 e. The van der Waals surface area contributed by atoms with Gasteiger partial charge in [-0.2, -0.15) is 5.10 Å². The minimum atomic E-state index is -0.0182. The van der Waals surface area contributed by atoms with Gasteiger partial charge in [0.05, 0.1) is 23.5 Å². The van der Waals surface area contributed by atoms with Crippen molar-refractivity contribution < 1.29 is 4.79 Å². The Labute approximate surface area is 153 Å². The minimum absolute atomic E-state index is 0.0182. The number of nitrogens with one attached hydrogen (secondary N) is 2. The van der Waals surface area contributed by atoms with E-state index in [0.717, 1.165) is 18.5 Å². The summed E-state index contributed by atoms with van der Waals surface area (Å²) in [4.78, 5) is 16.2. The Kier molecular flexibility index (Phi) is 5.91. The van der Waals surface area contributed by atoms with E-state index >= 15 is 0 Å². The third-order valence-corrected chi connectivity index (χ3v) is 6.33. The fraction of sp³-hybridized carbons (Fsp3) is 0.579. The first-order chi connectivity index (χ1) is 12.1. The molecule has 1 aliphatic rings. The van der Waals surface area contributed by atoms with E-state index < -0.39 is 0 Å². The monoisotopic (exact) mass is 360 g/mol. The third-order valence-electron chi connectivity index (χ3n) is 5.21. The molecular weight excluding hydrogens is 332 g/mol. The van der Waals surface area contributed by atoms with Gasteiger partial charge >= 0.3 is 0 Å². The molecule has 0 aromatic carbocycles. The summed E-state index contributed by atoms with van der Waals surface area (Å²) in [5.41, 5.74) is 3.02. The highest BCUT2D eigenvalue weighted by atomic mass is 32.1. The maximum atomic E-state index is 12.8. The van der Waals surface area contributed by atoms with E-state index in [1.807, 2.05) is 0 Å². The summed E-state index contributed by atoms with van der Waals surface area (Å²) in [6, 6.07) is 2.32. The number of amides is 1. The number of likely N-dealkylation sites (N-methyl/N-ethyl adjacent to an activating group) is 1. The quantitative estimate of drug-likeness (QED) is 0.822. The molecule has 0 saturated heterocycles. The van der Waals surface area contributed by atoms with Gasteiger partial charge in [0, 0.05) is 17.3 Å². The first-order valence-electron chi connectivity index (χ1n) is 9.09. The largest absolute Gasteiger partial charge is 0.350 e. The number of aromatic nitrogens is 2. The predicted octanol–water partition coefficient (Wildman–Crippen LogP) is 3.86. The maximum Gasteiger partial charge on any atom is 0.254 e. The van der Waals surface area contributed by atoms with Gasteiger partial charge in [-0.05, 0) is 50.9 Å². The van der Waals surface area contributed by atoms with Crippen LogP contribution in [0.25, 0.3) is 0 Å². The van der Waals surface area contributed by atoms with Crippen molar-refractivity contribution in [3.8, 4) is 0 Å². The molecule has 1 aliphatic carbocycles. The molecule has 2 N–H and O–H groups in total. The van der Waals surface area contributed by atoms with Crippen LogP contribution in [0, 0.1) is 6.92 Å². The molecule has 0 bridgehead atoms. The van der Waals surface area contributed by atoms with E-state index in [1.165, 1.54) is 29.7 Å². The molecule has 25 heavy (non-hydrogen) atoms. The Morgan fingerprint density at radius 3 is 2.80 bits per heavy atom. The van der Waals surface area contributed by atoms with Gasteiger partial charge in [-0.1, -0.05) is 19.3 Å². The zero-order chi connectivity index (χ0) is 17.8. The van der Waals surface area contributed by atoms with Crippen LogP contribution in [-0.4, -0.2) is 41.6 Å². The summed E-state index contributed by atoms with van der Waals surface area (Å²) in [5.74, 6) is 0.427. The van der Waals surface area contributed by atoms with Gasteiger partial charge in [-0.25, -0.2) is 0 Å². The molecule has 0 radical (unpaired) electrons. The number of aryl methyl sites for hydroxylation is 1. The van der Waals surface area contributed by atoms with Crippen LogP contribution in [0.1, 0.15) is 70.6 Å². The van der Waals surface area contributed by atoms with E-state index in [9.17, 15) is 4.79 Å². The van der Waals surface area contributed by atoms with Crippen LogP contribution in [0.15, 0.2) is 17.6 Å². The second kappa shape index (κ2) is 8.15. The molecule has 6 heteroatoms. The lowest BCUT2D eigenvalue weighted by molar-refractivity contribution is 0.0940. The Balaban J connectivity index is 1.68. The molecule has 1 fully saturated rings. The smallest absolute Gasteiger partial charge is 0.254 e. The molecule has 1 amide bonds. The lowest BCUT2D eigenvalue weighted by atomic mass is 9.85. The molecule has 0 spiro atoms. The molecule has 0 aliphatic heterocycles. The van der Waals surface area contributed by atoms with Crippen LogP contribution in [0.4, 0.5) is 0 Å². The Bertz CT molecular complexity index is 700. The van der Waals surface area contributed by atoms with E-state index in [0.29, 0.717) is 18.0 Å². The number of thiophene rings is 1. The first kappa shape index (κ1) is 18.1. The van der Waals surface area contributed by atoms with Crippen molar-refractivity contribution in [3.05, 3.63) is 39.3 Å². The van der Waals surface area contributed by atoms with Crippen molar-refractivity contribution in [1.29, 1.82) is 0 Å². The fourth-order valence-corrected chi connectivity index (χ4v) is 4.82. The molecule has 2 heterocycles. The van der Waals surface area contributed by atoms with E-state index in [1.54, 1.807) is 17.5 Å². The first-order valence-corrected chi connectivity index (χ1v) is 9.97. The molecule has 1 saturated carbocycles.